The Kier molecular flexibility index (Phi) is 7.05. The molecule has 1 atom stereocenters. The number of aryl methyl sites for hydroxylation is 3. The third kappa shape index (κ3) is 5.53. The molecule has 0 amide bonds. The van der Waals surface area contributed by atoms with Gasteiger partial charge in [0, 0.05) is 12.6 Å². The maximum absolute atomic E-state index is 12.0. The van der Waals surface area contributed by atoms with Crippen molar-refractivity contribution >= 4 is 0 Å². The van der Waals surface area contributed by atoms with Crippen LogP contribution in [0.5, 0.6) is 0 Å². The molecule has 20 heavy (non-hydrogen) atoms. The molecule has 3 nitrogen and oxygen atoms in total. The largest absolute Gasteiger partial charge is 0.375 e. The van der Waals surface area contributed by atoms with Crippen LogP contribution in [-0.4, -0.2) is 25.7 Å². The first-order valence-corrected chi connectivity index (χ1v) is 6.82. The predicted octanol–water partition coefficient (Wildman–Crippen LogP) is 2.66. The minimum Gasteiger partial charge on any atom is -0.375 e. The SMILES string of the molecule is Cc1cc(C)c(CC(CCOCC(F)F)NN)c(C)c1. The lowest BCUT2D eigenvalue weighted by atomic mass is 9.94. The number of benzene rings is 1. The standard InChI is InChI=1S/C15H24F2N2O/c1-10-6-11(2)14(12(3)7-10)8-13(19-18)4-5-20-9-15(16)17/h6-7,13,15,19H,4-5,8-9,18H2,1-3H3. The van der Waals surface area contributed by atoms with Gasteiger partial charge in [-0.3, -0.25) is 11.3 Å². The molecule has 0 aliphatic carbocycles. The second-order valence-corrected chi connectivity index (χ2v) is 5.20. The van der Waals surface area contributed by atoms with Crippen LogP contribution in [0.15, 0.2) is 12.1 Å². The molecule has 0 heterocycles. The second-order valence-electron chi connectivity index (χ2n) is 5.20. The van der Waals surface area contributed by atoms with Crippen molar-refractivity contribution in [1.82, 2.24) is 5.43 Å². The molecule has 1 aromatic carbocycles. The first kappa shape index (κ1) is 17.0. The molecule has 0 aromatic heterocycles. The zero-order valence-electron chi connectivity index (χ0n) is 12.4. The van der Waals surface area contributed by atoms with Crippen molar-refractivity contribution in [2.45, 2.75) is 46.1 Å². The molecule has 0 radical (unpaired) electrons. The minimum absolute atomic E-state index is 0.0211. The van der Waals surface area contributed by atoms with Crippen LogP contribution in [0.1, 0.15) is 28.7 Å². The molecule has 114 valence electrons. The molecular weight excluding hydrogens is 262 g/mol. The summed E-state index contributed by atoms with van der Waals surface area (Å²) >= 11 is 0. The monoisotopic (exact) mass is 286 g/mol. The van der Waals surface area contributed by atoms with Crippen LogP contribution < -0.4 is 11.3 Å². The predicted molar refractivity (Wildman–Crippen MR) is 76.9 cm³/mol. The lowest BCUT2D eigenvalue weighted by molar-refractivity contribution is 0.0144. The summed E-state index contributed by atoms with van der Waals surface area (Å²) < 4.78 is 28.8. The minimum atomic E-state index is -2.42. The molecule has 0 aliphatic rings. The van der Waals surface area contributed by atoms with Crippen LogP contribution in [0.4, 0.5) is 8.78 Å². The smallest absolute Gasteiger partial charge is 0.261 e. The van der Waals surface area contributed by atoms with Crippen LogP contribution in [0.25, 0.3) is 0 Å². The third-order valence-electron chi connectivity index (χ3n) is 3.38. The summed E-state index contributed by atoms with van der Waals surface area (Å²) in [4.78, 5) is 0. The number of hydrogen-bond acceptors (Lipinski definition) is 3. The highest BCUT2D eigenvalue weighted by Gasteiger charge is 2.12. The number of hydrogen-bond donors (Lipinski definition) is 2. The van der Waals surface area contributed by atoms with Crippen molar-refractivity contribution in [3.63, 3.8) is 0 Å². The number of halogens is 2. The number of nitrogens with two attached hydrogens (primary N) is 1. The van der Waals surface area contributed by atoms with Crippen LogP contribution in [0.3, 0.4) is 0 Å². The fourth-order valence-corrected chi connectivity index (χ4v) is 2.42. The Hall–Kier alpha value is -1.04. The zero-order valence-corrected chi connectivity index (χ0v) is 12.4. The number of rotatable bonds is 8. The molecule has 5 heteroatoms. The van der Waals surface area contributed by atoms with E-state index in [2.05, 4.69) is 38.3 Å². The number of nitrogens with one attached hydrogen (secondary N) is 1. The van der Waals surface area contributed by atoms with Gasteiger partial charge in [0.15, 0.2) is 0 Å². The van der Waals surface area contributed by atoms with Gasteiger partial charge in [0.1, 0.15) is 6.61 Å². The molecule has 0 bridgehead atoms. The van der Waals surface area contributed by atoms with Crippen molar-refractivity contribution in [1.29, 1.82) is 0 Å². The topological polar surface area (TPSA) is 47.3 Å². The van der Waals surface area contributed by atoms with E-state index in [0.717, 1.165) is 6.42 Å². The van der Waals surface area contributed by atoms with Crippen LogP contribution >= 0.6 is 0 Å². The third-order valence-corrected chi connectivity index (χ3v) is 3.38. The van der Waals surface area contributed by atoms with Gasteiger partial charge < -0.3 is 4.74 Å². The summed E-state index contributed by atoms with van der Waals surface area (Å²) in [6.07, 6.45) is -1.04. The van der Waals surface area contributed by atoms with Gasteiger partial charge in [-0.15, -0.1) is 0 Å². The van der Waals surface area contributed by atoms with Crippen LogP contribution in [0, 0.1) is 20.8 Å². The molecule has 0 fully saturated rings. The Morgan fingerprint density at radius 1 is 1.20 bits per heavy atom. The number of hydrazine groups is 1. The highest BCUT2D eigenvalue weighted by Crippen LogP contribution is 2.18. The summed E-state index contributed by atoms with van der Waals surface area (Å²) in [7, 11) is 0. The normalized spacial score (nSPS) is 12.9. The molecule has 0 aliphatic heterocycles. The Labute approximate surface area is 119 Å². The van der Waals surface area contributed by atoms with Crippen LogP contribution in [-0.2, 0) is 11.2 Å². The van der Waals surface area contributed by atoms with Gasteiger partial charge in [0.05, 0.1) is 0 Å². The Balaban J connectivity index is 2.56. The summed E-state index contributed by atoms with van der Waals surface area (Å²) in [6, 6.07) is 4.31. The fourth-order valence-electron chi connectivity index (χ4n) is 2.42. The fraction of sp³-hybridized carbons (Fsp3) is 0.600. The summed E-state index contributed by atoms with van der Waals surface area (Å²) in [5, 5.41) is 0. The van der Waals surface area contributed by atoms with E-state index in [9.17, 15) is 8.78 Å². The van der Waals surface area contributed by atoms with E-state index in [4.69, 9.17) is 10.6 Å². The van der Waals surface area contributed by atoms with Gasteiger partial charge in [0.25, 0.3) is 6.43 Å². The Morgan fingerprint density at radius 2 is 1.80 bits per heavy atom. The average molecular weight is 286 g/mol. The molecule has 0 spiro atoms. The van der Waals surface area contributed by atoms with E-state index < -0.39 is 13.0 Å². The van der Waals surface area contributed by atoms with Gasteiger partial charge in [-0.1, -0.05) is 17.7 Å². The quantitative estimate of drug-likeness (QED) is 0.439. The van der Waals surface area contributed by atoms with Gasteiger partial charge in [0.2, 0.25) is 0 Å². The van der Waals surface area contributed by atoms with Gasteiger partial charge in [-0.2, -0.15) is 0 Å². The van der Waals surface area contributed by atoms with Crippen molar-refractivity contribution in [2.24, 2.45) is 5.84 Å². The lowest BCUT2D eigenvalue weighted by Gasteiger charge is -2.19. The highest BCUT2D eigenvalue weighted by molar-refractivity contribution is 5.38. The van der Waals surface area contributed by atoms with E-state index >= 15 is 0 Å². The van der Waals surface area contributed by atoms with Gasteiger partial charge in [-0.05, 0) is 50.3 Å². The van der Waals surface area contributed by atoms with Gasteiger partial charge >= 0.3 is 0 Å². The molecule has 3 N–H and O–H groups in total. The summed E-state index contributed by atoms with van der Waals surface area (Å²) in [5.74, 6) is 5.54. The van der Waals surface area contributed by atoms with E-state index in [1.807, 2.05) is 0 Å². The maximum atomic E-state index is 12.0. The number of ether oxygens (including phenoxy) is 1. The van der Waals surface area contributed by atoms with Crippen molar-refractivity contribution in [3.8, 4) is 0 Å². The van der Waals surface area contributed by atoms with E-state index in [0.29, 0.717) is 6.42 Å². The molecule has 1 rings (SSSR count). The molecule has 1 unspecified atom stereocenters. The van der Waals surface area contributed by atoms with Crippen LogP contribution in [0.2, 0.25) is 0 Å². The summed E-state index contributed by atoms with van der Waals surface area (Å²) in [5.41, 5.74) is 7.70. The molecule has 0 saturated heterocycles. The van der Waals surface area contributed by atoms with Crippen molar-refractivity contribution in [3.05, 3.63) is 34.4 Å². The zero-order chi connectivity index (χ0) is 15.1. The Morgan fingerprint density at radius 3 is 2.30 bits per heavy atom. The van der Waals surface area contributed by atoms with E-state index in [1.54, 1.807) is 0 Å². The summed E-state index contributed by atoms with van der Waals surface area (Å²) in [6.45, 7) is 6.00. The van der Waals surface area contributed by atoms with Crippen molar-refractivity contribution in [2.75, 3.05) is 13.2 Å². The van der Waals surface area contributed by atoms with E-state index in [-0.39, 0.29) is 12.6 Å². The second kappa shape index (κ2) is 8.29. The average Bonchev–Trinajstić information content (AvgIpc) is 2.35. The maximum Gasteiger partial charge on any atom is 0.261 e. The molecule has 1 aromatic rings. The van der Waals surface area contributed by atoms with E-state index in [1.165, 1.54) is 22.3 Å². The molecule has 0 saturated carbocycles. The first-order valence-electron chi connectivity index (χ1n) is 6.82. The molecular formula is C15H24F2N2O. The Bertz CT molecular complexity index is 401. The number of alkyl halides is 2. The highest BCUT2D eigenvalue weighted by atomic mass is 19.3. The lowest BCUT2D eigenvalue weighted by Crippen LogP contribution is -2.38. The van der Waals surface area contributed by atoms with Crippen molar-refractivity contribution < 1.29 is 13.5 Å². The van der Waals surface area contributed by atoms with Gasteiger partial charge in [-0.25, -0.2) is 8.78 Å². The first-order chi connectivity index (χ1) is 9.43.